The van der Waals surface area contributed by atoms with Gasteiger partial charge in [0.1, 0.15) is 0 Å². The van der Waals surface area contributed by atoms with Crippen molar-refractivity contribution in [3.63, 3.8) is 0 Å². The van der Waals surface area contributed by atoms with Crippen molar-refractivity contribution in [2.45, 2.75) is 19.9 Å². The Kier molecular flexibility index (Phi) is 4.34. The number of para-hydroxylation sites is 1. The summed E-state index contributed by atoms with van der Waals surface area (Å²) in [5.41, 5.74) is 3.45. The molecule has 0 bridgehead atoms. The summed E-state index contributed by atoms with van der Waals surface area (Å²) in [5, 5.41) is 3.48. The quantitative estimate of drug-likeness (QED) is 0.884. The molecule has 2 aromatic carbocycles. The monoisotopic (exact) mass is 347 g/mol. The third-order valence-corrected chi connectivity index (χ3v) is 4.45. The van der Waals surface area contributed by atoms with Crippen LogP contribution in [0.5, 0.6) is 11.5 Å². The highest BCUT2D eigenvalue weighted by atomic mass is 79.9. The molecule has 110 valence electrons. The minimum atomic E-state index is 0.708. The molecule has 1 aliphatic heterocycles. The van der Waals surface area contributed by atoms with E-state index in [-0.39, 0.29) is 0 Å². The Balaban J connectivity index is 1.81. The van der Waals surface area contributed by atoms with Crippen LogP contribution in [-0.2, 0) is 6.54 Å². The summed E-state index contributed by atoms with van der Waals surface area (Å²) in [6.45, 7) is 4.23. The van der Waals surface area contributed by atoms with Crippen LogP contribution in [0.3, 0.4) is 0 Å². The van der Waals surface area contributed by atoms with Crippen LogP contribution in [0, 0.1) is 6.92 Å². The molecule has 0 saturated carbocycles. The van der Waals surface area contributed by atoms with Crippen LogP contribution in [-0.4, -0.2) is 13.2 Å². The molecule has 3 rings (SSSR count). The highest BCUT2D eigenvalue weighted by Crippen LogP contribution is 2.34. The first-order chi connectivity index (χ1) is 10.3. The van der Waals surface area contributed by atoms with Gasteiger partial charge in [0, 0.05) is 28.7 Å². The van der Waals surface area contributed by atoms with Gasteiger partial charge >= 0.3 is 0 Å². The second-order valence-electron chi connectivity index (χ2n) is 5.06. The molecule has 0 amide bonds. The van der Waals surface area contributed by atoms with E-state index >= 15 is 0 Å². The van der Waals surface area contributed by atoms with E-state index in [2.05, 4.69) is 40.3 Å². The van der Waals surface area contributed by atoms with E-state index in [1.54, 1.807) is 0 Å². The van der Waals surface area contributed by atoms with E-state index < -0.39 is 0 Å². The lowest BCUT2D eigenvalue weighted by Crippen LogP contribution is -2.04. The summed E-state index contributed by atoms with van der Waals surface area (Å²) < 4.78 is 12.7. The summed E-state index contributed by atoms with van der Waals surface area (Å²) in [6, 6.07) is 12.2. The van der Waals surface area contributed by atoms with Gasteiger partial charge in [0.25, 0.3) is 0 Å². The third kappa shape index (κ3) is 3.16. The van der Waals surface area contributed by atoms with Gasteiger partial charge in [0.15, 0.2) is 11.5 Å². The molecule has 2 aromatic rings. The Hall–Kier alpha value is -1.68. The number of halogens is 1. The SMILES string of the molecule is Cc1c(Br)cccc1NCc1cccc2c1OCCCO2. The fourth-order valence-corrected chi connectivity index (χ4v) is 2.75. The number of rotatable bonds is 3. The average Bonchev–Trinajstić information content (AvgIpc) is 2.74. The zero-order chi connectivity index (χ0) is 14.7. The molecule has 0 radical (unpaired) electrons. The van der Waals surface area contributed by atoms with Crippen molar-refractivity contribution in [3.05, 3.63) is 52.0 Å². The van der Waals surface area contributed by atoms with Crippen molar-refractivity contribution in [1.82, 2.24) is 0 Å². The number of nitrogens with one attached hydrogen (secondary N) is 1. The van der Waals surface area contributed by atoms with Crippen molar-refractivity contribution in [1.29, 1.82) is 0 Å². The van der Waals surface area contributed by atoms with Crippen LogP contribution in [0.4, 0.5) is 5.69 Å². The maximum absolute atomic E-state index is 5.85. The molecular formula is C17H18BrNO2. The van der Waals surface area contributed by atoms with E-state index in [0.717, 1.165) is 33.6 Å². The molecule has 4 heteroatoms. The maximum Gasteiger partial charge on any atom is 0.166 e. The van der Waals surface area contributed by atoms with Crippen LogP contribution in [0.2, 0.25) is 0 Å². The van der Waals surface area contributed by atoms with Crippen LogP contribution in [0.15, 0.2) is 40.9 Å². The predicted molar refractivity (Wildman–Crippen MR) is 88.3 cm³/mol. The van der Waals surface area contributed by atoms with Gasteiger partial charge in [-0.25, -0.2) is 0 Å². The van der Waals surface area contributed by atoms with Crippen LogP contribution in [0.1, 0.15) is 17.5 Å². The number of ether oxygens (including phenoxy) is 2. The fraction of sp³-hybridized carbons (Fsp3) is 0.294. The van der Waals surface area contributed by atoms with Gasteiger partial charge in [0.05, 0.1) is 13.2 Å². The molecule has 3 nitrogen and oxygen atoms in total. The highest BCUT2D eigenvalue weighted by molar-refractivity contribution is 9.10. The van der Waals surface area contributed by atoms with Crippen molar-refractivity contribution in [2.75, 3.05) is 18.5 Å². The molecule has 0 unspecified atom stereocenters. The van der Waals surface area contributed by atoms with Gasteiger partial charge in [0.2, 0.25) is 0 Å². The molecule has 0 spiro atoms. The molecule has 0 aromatic heterocycles. The topological polar surface area (TPSA) is 30.5 Å². The van der Waals surface area contributed by atoms with Gasteiger partial charge in [-0.1, -0.05) is 34.1 Å². The van der Waals surface area contributed by atoms with E-state index in [4.69, 9.17) is 9.47 Å². The minimum absolute atomic E-state index is 0.708. The largest absolute Gasteiger partial charge is 0.490 e. The lowest BCUT2D eigenvalue weighted by molar-refractivity contribution is 0.296. The van der Waals surface area contributed by atoms with Crippen molar-refractivity contribution >= 4 is 21.6 Å². The Bertz CT molecular complexity index is 643. The Labute approximate surface area is 133 Å². The fourth-order valence-electron chi connectivity index (χ4n) is 2.38. The lowest BCUT2D eigenvalue weighted by atomic mass is 10.1. The Morgan fingerprint density at radius 1 is 1.10 bits per heavy atom. The molecule has 1 heterocycles. The van der Waals surface area contributed by atoms with Gasteiger partial charge < -0.3 is 14.8 Å². The average molecular weight is 348 g/mol. The number of anilines is 1. The minimum Gasteiger partial charge on any atom is -0.490 e. The first-order valence-electron chi connectivity index (χ1n) is 7.12. The summed E-state index contributed by atoms with van der Waals surface area (Å²) in [4.78, 5) is 0. The summed E-state index contributed by atoms with van der Waals surface area (Å²) in [7, 11) is 0. The van der Waals surface area contributed by atoms with E-state index in [0.29, 0.717) is 19.8 Å². The summed E-state index contributed by atoms with van der Waals surface area (Å²) in [5.74, 6) is 1.72. The van der Waals surface area contributed by atoms with Crippen LogP contribution in [0.25, 0.3) is 0 Å². The summed E-state index contributed by atoms with van der Waals surface area (Å²) >= 11 is 3.56. The maximum atomic E-state index is 5.85. The second kappa shape index (κ2) is 6.39. The second-order valence-corrected chi connectivity index (χ2v) is 5.92. The van der Waals surface area contributed by atoms with Gasteiger partial charge in [-0.05, 0) is 30.7 Å². The predicted octanol–water partition coefficient (Wildman–Crippen LogP) is 4.53. The number of fused-ring (bicyclic) bond motifs is 1. The molecule has 21 heavy (non-hydrogen) atoms. The summed E-state index contributed by atoms with van der Waals surface area (Å²) in [6.07, 6.45) is 0.923. The van der Waals surface area contributed by atoms with Crippen molar-refractivity contribution in [2.24, 2.45) is 0 Å². The zero-order valence-electron chi connectivity index (χ0n) is 12.0. The molecule has 0 aliphatic carbocycles. The van der Waals surface area contributed by atoms with Crippen molar-refractivity contribution < 1.29 is 9.47 Å². The number of hydrogen-bond donors (Lipinski definition) is 1. The number of hydrogen-bond acceptors (Lipinski definition) is 3. The van der Waals surface area contributed by atoms with Gasteiger partial charge in [-0.15, -0.1) is 0 Å². The Morgan fingerprint density at radius 2 is 1.90 bits per heavy atom. The van der Waals surface area contributed by atoms with Gasteiger partial charge in [-0.2, -0.15) is 0 Å². The van der Waals surface area contributed by atoms with E-state index in [1.807, 2.05) is 24.3 Å². The van der Waals surface area contributed by atoms with E-state index in [9.17, 15) is 0 Å². The molecule has 0 fully saturated rings. The van der Waals surface area contributed by atoms with Gasteiger partial charge in [-0.3, -0.25) is 0 Å². The molecule has 0 saturated heterocycles. The normalized spacial score (nSPS) is 13.6. The number of benzene rings is 2. The third-order valence-electron chi connectivity index (χ3n) is 3.59. The Morgan fingerprint density at radius 3 is 2.81 bits per heavy atom. The first-order valence-corrected chi connectivity index (χ1v) is 7.91. The smallest absolute Gasteiger partial charge is 0.166 e. The standard InChI is InChI=1S/C17H18BrNO2/c1-12-14(18)6-3-7-15(12)19-11-13-5-2-8-16-17(13)21-10-4-9-20-16/h2-3,5-8,19H,4,9-11H2,1H3. The van der Waals surface area contributed by atoms with E-state index in [1.165, 1.54) is 5.56 Å². The zero-order valence-corrected chi connectivity index (χ0v) is 13.6. The molecule has 1 aliphatic rings. The molecule has 1 N–H and O–H groups in total. The first kappa shape index (κ1) is 14.3. The molecule has 0 atom stereocenters. The highest BCUT2D eigenvalue weighted by Gasteiger charge is 2.14. The van der Waals surface area contributed by atoms with Crippen molar-refractivity contribution in [3.8, 4) is 11.5 Å². The lowest BCUT2D eigenvalue weighted by Gasteiger charge is -2.15. The van der Waals surface area contributed by atoms with Crippen LogP contribution >= 0.6 is 15.9 Å². The van der Waals surface area contributed by atoms with Crippen LogP contribution < -0.4 is 14.8 Å². The molecular weight excluding hydrogens is 330 g/mol.